The van der Waals surface area contributed by atoms with Crippen LogP contribution < -0.4 is 0 Å². The van der Waals surface area contributed by atoms with Gasteiger partial charge in [0.15, 0.2) is 5.78 Å². The van der Waals surface area contributed by atoms with E-state index in [1.54, 1.807) is 10.9 Å². The van der Waals surface area contributed by atoms with E-state index >= 15 is 0 Å². The summed E-state index contributed by atoms with van der Waals surface area (Å²) in [4.78, 5) is 13.3. The Kier molecular flexibility index (Phi) is 4.96. The average molecular weight is 413 g/mol. The fourth-order valence-electron chi connectivity index (χ4n) is 9.14. The van der Waals surface area contributed by atoms with E-state index in [2.05, 4.69) is 25.9 Å². The second kappa shape index (κ2) is 7.18. The Hall–Kier alpha value is -1.16. The van der Waals surface area contributed by atoms with Crippen molar-refractivity contribution in [3.63, 3.8) is 0 Å². The van der Waals surface area contributed by atoms with Crippen LogP contribution in [0.3, 0.4) is 0 Å². The third-order valence-electron chi connectivity index (χ3n) is 10.6. The maximum atomic E-state index is 13.3. The Bertz CT molecular complexity index is 787. The SMILES string of the molecule is CC[C@]12CC[C@@](C)(O)C[C@@H]1CC[C@H]1[C@@H]3CC[C@H](C(=O)Cn4cccn4)[C@@]3(C)CC[C@@H]12. The van der Waals surface area contributed by atoms with Crippen molar-refractivity contribution in [1.29, 1.82) is 0 Å². The molecule has 4 nitrogen and oxygen atoms in total. The lowest BCUT2D eigenvalue weighted by molar-refractivity contribution is -0.158. The highest BCUT2D eigenvalue weighted by atomic mass is 16.3. The molecule has 1 aromatic rings. The van der Waals surface area contributed by atoms with E-state index in [0.29, 0.717) is 29.6 Å². The van der Waals surface area contributed by atoms with Crippen LogP contribution in [-0.4, -0.2) is 26.3 Å². The molecule has 0 radical (unpaired) electrons. The predicted molar refractivity (Wildman–Crippen MR) is 118 cm³/mol. The number of carbonyl (C=O) groups excluding carboxylic acids is 1. The molecule has 1 aromatic heterocycles. The fourth-order valence-corrected chi connectivity index (χ4v) is 9.14. The molecule has 4 aliphatic carbocycles. The molecule has 4 aliphatic rings. The number of nitrogens with zero attached hydrogens (tertiary/aromatic N) is 2. The number of hydrogen-bond acceptors (Lipinski definition) is 3. The van der Waals surface area contributed by atoms with Crippen molar-refractivity contribution < 1.29 is 9.90 Å². The van der Waals surface area contributed by atoms with Crippen LogP contribution in [0.2, 0.25) is 0 Å². The van der Waals surface area contributed by atoms with Gasteiger partial charge in [0.2, 0.25) is 0 Å². The Labute approximate surface area is 181 Å². The molecule has 166 valence electrons. The number of hydrogen-bond donors (Lipinski definition) is 1. The standard InChI is InChI=1S/C26H40N2O2/c1-4-26-13-12-24(2,30)16-18(26)6-7-19-20-8-9-22(25(20,3)11-10-21(19)26)23(29)17-28-15-5-14-27-28/h5,14-15,18-22,30H,4,6-13,16-17H2,1-3H3/t18-,19-,20-,21-,22+,24+,25-,26-/m0/s1. The van der Waals surface area contributed by atoms with E-state index in [9.17, 15) is 9.90 Å². The molecule has 0 spiro atoms. The van der Waals surface area contributed by atoms with E-state index in [4.69, 9.17) is 0 Å². The Balaban J connectivity index is 1.38. The van der Waals surface area contributed by atoms with E-state index in [-0.39, 0.29) is 11.3 Å². The minimum absolute atomic E-state index is 0.174. The van der Waals surface area contributed by atoms with Crippen molar-refractivity contribution in [2.75, 3.05) is 0 Å². The molecule has 4 saturated carbocycles. The van der Waals surface area contributed by atoms with Crippen LogP contribution >= 0.6 is 0 Å². The monoisotopic (exact) mass is 412 g/mol. The van der Waals surface area contributed by atoms with Gasteiger partial charge < -0.3 is 5.11 Å². The van der Waals surface area contributed by atoms with Gasteiger partial charge in [-0.05, 0) is 112 Å². The summed E-state index contributed by atoms with van der Waals surface area (Å²) in [6, 6.07) is 1.90. The van der Waals surface area contributed by atoms with E-state index in [1.807, 2.05) is 12.3 Å². The number of fused-ring (bicyclic) bond motifs is 5. The van der Waals surface area contributed by atoms with Crippen LogP contribution in [0.1, 0.15) is 85.0 Å². The smallest absolute Gasteiger partial charge is 0.157 e. The van der Waals surface area contributed by atoms with Crippen LogP contribution in [0.25, 0.3) is 0 Å². The lowest BCUT2D eigenvalue weighted by atomic mass is 9.42. The molecule has 0 aromatic carbocycles. The summed E-state index contributed by atoms with van der Waals surface area (Å²) >= 11 is 0. The van der Waals surface area contributed by atoms with Crippen molar-refractivity contribution in [3.05, 3.63) is 18.5 Å². The summed E-state index contributed by atoms with van der Waals surface area (Å²) in [5.74, 6) is 3.58. The Morgan fingerprint density at radius 1 is 1.10 bits per heavy atom. The predicted octanol–water partition coefficient (Wildman–Crippen LogP) is 5.25. The normalized spacial score (nSPS) is 47.9. The van der Waals surface area contributed by atoms with Gasteiger partial charge in [-0.3, -0.25) is 9.48 Å². The Morgan fingerprint density at radius 2 is 1.93 bits per heavy atom. The quantitative estimate of drug-likeness (QED) is 0.734. The Morgan fingerprint density at radius 3 is 2.67 bits per heavy atom. The van der Waals surface area contributed by atoms with Crippen molar-refractivity contribution in [3.8, 4) is 0 Å². The molecule has 1 heterocycles. The van der Waals surface area contributed by atoms with Gasteiger partial charge >= 0.3 is 0 Å². The molecule has 8 atom stereocenters. The highest BCUT2D eigenvalue weighted by Gasteiger charge is 2.62. The van der Waals surface area contributed by atoms with Crippen molar-refractivity contribution >= 4 is 5.78 Å². The average Bonchev–Trinajstić information content (AvgIpc) is 3.34. The first kappa shape index (κ1) is 20.7. The minimum atomic E-state index is -0.462. The number of aliphatic hydroxyl groups is 1. The van der Waals surface area contributed by atoms with Gasteiger partial charge in [0.1, 0.15) is 0 Å². The first-order valence-electron chi connectivity index (χ1n) is 12.5. The number of carbonyl (C=O) groups is 1. The topological polar surface area (TPSA) is 55.1 Å². The summed E-state index contributed by atoms with van der Waals surface area (Å²) in [6.45, 7) is 7.35. The van der Waals surface area contributed by atoms with Gasteiger partial charge in [0, 0.05) is 18.3 Å². The summed E-state index contributed by atoms with van der Waals surface area (Å²) in [7, 11) is 0. The maximum Gasteiger partial charge on any atom is 0.157 e. The molecular weight excluding hydrogens is 372 g/mol. The third-order valence-corrected chi connectivity index (χ3v) is 10.6. The molecule has 1 N–H and O–H groups in total. The molecule has 30 heavy (non-hydrogen) atoms. The lowest BCUT2D eigenvalue weighted by Gasteiger charge is -2.63. The van der Waals surface area contributed by atoms with Gasteiger partial charge in [0.25, 0.3) is 0 Å². The van der Waals surface area contributed by atoms with Gasteiger partial charge in [-0.2, -0.15) is 5.10 Å². The van der Waals surface area contributed by atoms with Crippen LogP contribution in [0.4, 0.5) is 0 Å². The minimum Gasteiger partial charge on any atom is -0.390 e. The van der Waals surface area contributed by atoms with Crippen LogP contribution in [0, 0.1) is 40.4 Å². The van der Waals surface area contributed by atoms with Gasteiger partial charge in [0.05, 0.1) is 12.1 Å². The molecule has 0 unspecified atom stereocenters. The molecule has 0 aliphatic heterocycles. The van der Waals surface area contributed by atoms with E-state index in [1.165, 1.54) is 44.9 Å². The van der Waals surface area contributed by atoms with Crippen LogP contribution in [-0.2, 0) is 11.3 Å². The van der Waals surface area contributed by atoms with Crippen molar-refractivity contribution in [2.24, 2.45) is 40.4 Å². The highest BCUT2D eigenvalue weighted by Crippen LogP contribution is 2.69. The van der Waals surface area contributed by atoms with Crippen molar-refractivity contribution in [2.45, 2.75) is 97.1 Å². The molecule has 4 heteroatoms. The molecular formula is C26H40N2O2. The first-order valence-corrected chi connectivity index (χ1v) is 12.5. The van der Waals surface area contributed by atoms with Gasteiger partial charge in [-0.25, -0.2) is 0 Å². The number of aromatic nitrogens is 2. The summed E-state index contributed by atoms with van der Waals surface area (Å²) in [5, 5.41) is 15.0. The largest absolute Gasteiger partial charge is 0.390 e. The fraction of sp³-hybridized carbons (Fsp3) is 0.846. The van der Waals surface area contributed by atoms with Crippen LogP contribution in [0.15, 0.2) is 18.5 Å². The molecule has 0 amide bonds. The summed E-state index contributed by atoms with van der Waals surface area (Å²) < 4.78 is 1.80. The van der Waals surface area contributed by atoms with Gasteiger partial charge in [-0.15, -0.1) is 0 Å². The van der Waals surface area contributed by atoms with Crippen molar-refractivity contribution in [1.82, 2.24) is 9.78 Å². The van der Waals surface area contributed by atoms with Gasteiger partial charge in [-0.1, -0.05) is 13.8 Å². The zero-order valence-corrected chi connectivity index (χ0v) is 19.1. The second-order valence-electron chi connectivity index (χ2n) is 11.8. The summed E-state index contributed by atoms with van der Waals surface area (Å²) in [6.07, 6.45) is 15.5. The third kappa shape index (κ3) is 3.04. The lowest BCUT2D eigenvalue weighted by Crippen LogP contribution is -2.56. The first-order chi connectivity index (χ1) is 14.3. The number of rotatable bonds is 4. The molecule has 0 bridgehead atoms. The zero-order valence-electron chi connectivity index (χ0n) is 19.1. The molecule has 4 fully saturated rings. The second-order valence-corrected chi connectivity index (χ2v) is 11.8. The number of ketones is 1. The highest BCUT2D eigenvalue weighted by molar-refractivity contribution is 5.82. The molecule has 0 saturated heterocycles. The summed E-state index contributed by atoms with van der Waals surface area (Å²) in [5.41, 5.74) is 0.147. The van der Waals surface area contributed by atoms with Crippen LogP contribution in [0.5, 0.6) is 0 Å². The molecule has 5 rings (SSSR count). The van der Waals surface area contributed by atoms with E-state index < -0.39 is 5.60 Å². The van der Waals surface area contributed by atoms with E-state index in [0.717, 1.165) is 31.1 Å². The maximum absolute atomic E-state index is 13.3. The number of Topliss-reactive ketones (excluding diaryl/α,β-unsaturated/α-hetero) is 1. The zero-order chi connectivity index (χ0) is 21.1.